The van der Waals surface area contributed by atoms with Gasteiger partial charge < -0.3 is 10.2 Å². The lowest BCUT2D eigenvalue weighted by molar-refractivity contribution is 0.322. The van der Waals surface area contributed by atoms with Gasteiger partial charge in [0, 0.05) is 26.6 Å². The molecule has 2 rings (SSSR count). The summed E-state index contributed by atoms with van der Waals surface area (Å²) in [4.78, 5) is 3.22. The summed E-state index contributed by atoms with van der Waals surface area (Å²) in [6.45, 7) is 1.95. The number of nitrogens with one attached hydrogen (secondary N) is 1. The van der Waals surface area contributed by atoms with Crippen molar-refractivity contribution in [3.05, 3.63) is 33.9 Å². The fourth-order valence-electron chi connectivity index (χ4n) is 1.54. The molecule has 1 aromatic heterocycles. The van der Waals surface area contributed by atoms with Crippen LogP contribution in [0, 0.1) is 6.92 Å². The van der Waals surface area contributed by atoms with Crippen molar-refractivity contribution in [2.24, 2.45) is 5.16 Å². The number of H-pyrrole nitrogens is 1. The Balaban J connectivity index is 2.79. The van der Waals surface area contributed by atoms with Gasteiger partial charge in [-0.2, -0.15) is 0 Å². The van der Waals surface area contributed by atoms with Crippen LogP contribution < -0.4 is 0 Å². The normalized spacial score (nSPS) is 11.6. The van der Waals surface area contributed by atoms with Gasteiger partial charge in [-0.1, -0.05) is 21.1 Å². The van der Waals surface area contributed by atoms with Gasteiger partial charge in [-0.05, 0) is 25.1 Å². The van der Waals surface area contributed by atoms with Gasteiger partial charge in [0.15, 0.2) is 0 Å². The summed E-state index contributed by atoms with van der Waals surface area (Å²) < 4.78 is 1.01. The number of aromatic amines is 1. The van der Waals surface area contributed by atoms with Gasteiger partial charge in [-0.15, -0.1) is 0 Å². The van der Waals surface area contributed by atoms with Crippen LogP contribution in [0.3, 0.4) is 0 Å². The smallest absolute Gasteiger partial charge is 0.0758 e. The molecule has 4 heteroatoms. The Morgan fingerprint density at radius 1 is 1.50 bits per heavy atom. The second-order valence-electron chi connectivity index (χ2n) is 3.10. The molecule has 0 saturated carbocycles. The number of benzene rings is 1. The molecule has 0 bridgehead atoms. The molecule has 0 aliphatic heterocycles. The van der Waals surface area contributed by atoms with E-state index in [0.717, 1.165) is 26.6 Å². The maximum Gasteiger partial charge on any atom is 0.0758 e. The third-order valence-corrected chi connectivity index (χ3v) is 2.68. The van der Waals surface area contributed by atoms with E-state index in [9.17, 15) is 0 Å². The topological polar surface area (TPSA) is 48.4 Å². The van der Waals surface area contributed by atoms with Crippen LogP contribution in [0.4, 0.5) is 0 Å². The van der Waals surface area contributed by atoms with E-state index in [1.54, 1.807) is 0 Å². The highest BCUT2D eigenvalue weighted by Crippen LogP contribution is 2.24. The molecule has 0 atom stereocenters. The number of aryl methyl sites for hydroxylation is 1. The van der Waals surface area contributed by atoms with Crippen LogP contribution in [-0.4, -0.2) is 16.4 Å². The SMILES string of the molecule is Cc1[nH]c2ccc(Br)cc2c1C=NO. The van der Waals surface area contributed by atoms with E-state index in [4.69, 9.17) is 5.21 Å². The Morgan fingerprint density at radius 3 is 3.00 bits per heavy atom. The minimum absolute atomic E-state index is 0.920. The molecule has 0 unspecified atom stereocenters. The van der Waals surface area contributed by atoms with E-state index >= 15 is 0 Å². The molecular formula is C10H9BrN2O. The fraction of sp³-hybridized carbons (Fsp3) is 0.100. The third-order valence-electron chi connectivity index (χ3n) is 2.18. The molecule has 14 heavy (non-hydrogen) atoms. The van der Waals surface area contributed by atoms with E-state index < -0.39 is 0 Å². The molecule has 0 amide bonds. The van der Waals surface area contributed by atoms with Crippen LogP contribution in [-0.2, 0) is 0 Å². The first-order valence-corrected chi connectivity index (χ1v) is 4.97. The van der Waals surface area contributed by atoms with E-state index in [-0.39, 0.29) is 0 Å². The monoisotopic (exact) mass is 252 g/mol. The third kappa shape index (κ3) is 1.42. The second-order valence-corrected chi connectivity index (χ2v) is 4.01. The lowest BCUT2D eigenvalue weighted by atomic mass is 10.1. The van der Waals surface area contributed by atoms with Gasteiger partial charge in [0.1, 0.15) is 0 Å². The summed E-state index contributed by atoms with van der Waals surface area (Å²) in [5.74, 6) is 0. The molecule has 2 N–H and O–H groups in total. The van der Waals surface area contributed by atoms with Crippen molar-refractivity contribution in [3.8, 4) is 0 Å². The van der Waals surface area contributed by atoms with E-state index in [1.807, 2.05) is 25.1 Å². The van der Waals surface area contributed by atoms with Gasteiger partial charge in [0.25, 0.3) is 0 Å². The minimum Gasteiger partial charge on any atom is -0.411 e. The zero-order valence-electron chi connectivity index (χ0n) is 7.58. The maximum atomic E-state index is 8.54. The van der Waals surface area contributed by atoms with E-state index in [1.165, 1.54) is 6.21 Å². The summed E-state index contributed by atoms with van der Waals surface area (Å²) in [6, 6.07) is 5.95. The largest absolute Gasteiger partial charge is 0.411 e. The number of hydrogen-bond donors (Lipinski definition) is 2. The summed E-state index contributed by atoms with van der Waals surface area (Å²) in [6.07, 6.45) is 1.45. The molecule has 0 aliphatic rings. The summed E-state index contributed by atoms with van der Waals surface area (Å²) in [5, 5.41) is 12.6. The van der Waals surface area contributed by atoms with Crippen molar-refractivity contribution in [2.45, 2.75) is 6.92 Å². The van der Waals surface area contributed by atoms with Crippen LogP contribution >= 0.6 is 15.9 Å². The first-order valence-electron chi connectivity index (χ1n) is 4.17. The maximum absolute atomic E-state index is 8.54. The predicted octanol–water partition coefficient (Wildman–Crippen LogP) is 3.05. The van der Waals surface area contributed by atoms with Crippen molar-refractivity contribution < 1.29 is 5.21 Å². The Kier molecular flexibility index (Phi) is 2.29. The van der Waals surface area contributed by atoms with E-state index in [0.29, 0.717) is 0 Å². The first kappa shape index (κ1) is 9.27. The van der Waals surface area contributed by atoms with Crippen molar-refractivity contribution in [1.29, 1.82) is 0 Å². The zero-order chi connectivity index (χ0) is 10.1. The molecule has 3 nitrogen and oxygen atoms in total. The molecule has 1 aromatic carbocycles. The number of hydrogen-bond acceptors (Lipinski definition) is 2. The van der Waals surface area contributed by atoms with Crippen molar-refractivity contribution in [3.63, 3.8) is 0 Å². The Labute approximate surface area is 89.6 Å². The molecule has 1 heterocycles. The van der Waals surface area contributed by atoms with E-state index in [2.05, 4.69) is 26.1 Å². The van der Waals surface area contributed by atoms with Crippen LogP contribution in [0.15, 0.2) is 27.8 Å². The van der Waals surface area contributed by atoms with Crippen LogP contribution in [0.2, 0.25) is 0 Å². The number of halogens is 1. The Hall–Kier alpha value is -1.29. The van der Waals surface area contributed by atoms with Crippen molar-refractivity contribution >= 4 is 33.0 Å². The average Bonchev–Trinajstić information content (AvgIpc) is 2.45. The Bertz CT molecular complexity index is 502. The van der Waals surface area contributed by atoms with Gasteiger partial charge in [-0.25, -0.2) is 0 Å². The summed E-state index contributed by atoms with van der Waals surface area (Å²) in [7, 11) is 0. The van der Waals surface area contributed by atoms with Gasteiger partial charge >= 0.3 is 0 Å². The highest BCUT2D eigenvalue weighted by molar-refractivity contribution is 9.10. The second kappa shape index (κ2) is 3.46. The minimum atomic E-state index is 0.920. The van der Waals surface area contributed by atoms with Crippen LogP contribution in [0.5, 0.6) is 0 Å². The number of nitrogens with zero attached hydrogens (tertiary/aromatic N) is 1. The van der Waals surface area contributed by atoms with Gasteiger partial charge in [0.2, 0.25) is 0 Å². The number of aromatic nitrogens is 1. The molecule has 2 aromatic rings. The average molecular weight is 253 g/mol. The molecule has 0 saturated heterocycles. The predicted molar refractivity (Wildman–Crippen MR) is 60.1 cm³/mol. The van der Waals surface area contributed by atoms with Crippen LogP contribution in [0.25, 0.3) is 10.9 Å². The molecule has 0 spiro atoms. The summed E-state index contributed by atoms with van der Waals surface area (Å²) in [5.41, 5.74) is 2.96. The highest BCUT2D eigenvalue weighted by atomic mass is 79.9. The fourth-order valence-corrected chi connectivity index (χ4v) is 1.90. The zero-order valence-corrected chi connectivity index (χ0v) is 9.17. The number of rotatable bonds is 1. The lowest BCUT2D eigenvalue weighted by Crippen LogP contribution is -1.81. The van der Waals surface area contributed by atoms with Gasteiger partial charge in [0.05, 0.1) is 6.21 Å². The quantitative estimate of drug-likeness (QED) is 0.458. The molecule has 72 valence electrons. The van der Waals surface area contributed by atoms with Crippen LogP contribution in [0.1, 0.15) is 11.3 Å². The molecule has 0 fully saturated rings. The molecule has 0 radical (unpaired) electrons. The number of fused-ring (bicyclic) bond motifs is 1. The lowest BCUT2D eigenvalue weighted by Gasteiger charge is -1.92. The standard InChI is InChI=1S/C10H9BrN2O/c1-6-9(5-12-14)8-4-7(11)2-3-10(8)13-6/h2-5,13-14H,1H3. The molecular weight excluding hydrogens is 244 g/mol. The summed E-state index contributed by atoms with van der Waals surface area (Å²) >= 11 is 3.41. The molecule has 0 aliphatic carbocycles. The number of oxime groups is 1. The first-order chi connectivity index (χ1) is 6.72. The van der Waals surface area contributed by atoms with Crippen molar-refractivity contribution in [2.75, 3.05) is 0 Å². The van der Waals surface area contributed by atoms with Crippen molar-refractivity contribution in [1.82, 2.24) is 4.98 Å². The van der Waals surface area contributed by atoms with Gasteiger partial charge in [-0.3, -0.25) is 0 Å². The highest BCUT2D eigenvalue weighted by Gasteiger charge is 2.06. The Morgan fingerprint density at radius 2 is 2.29 bits per heavy atom.